The van der Waals surface area contributed by atoms with Crippen molar-refractivity contribution >= 4 is 57.0 Å². The van der Waals surface area contributed by atoms with Gasteiger partial charge in [-0.1, -0.05) is 29.8 Å². The van der Waals surface area contributed by atoms with E-state index < -0.39 is 0 Å². The first-order chi connectivity index (χ1) is 23.3. The standard InChI is InChI=1S/C36H35Cl2N5O5/c1-5-31(44)41-25-15-22(28(45-2)17-27(25)42-10-6-36(7-11-42)8-13-48-20-36)24-16-26-21(19-40-24)14-23(35-39-9-12-43(26)35)32-33(37)29(46-3)18-30(47-4)34(32)38/h5,9,12,14-19H,1,6-8,10-11,13,20H2,2-4H3,(H,41,44). The molecule has 1 spiro atoms. The number of amides is 1. The number of piperidine rings is 1. The van der Waals surface area contributed by atoms with Gasteiger partial charge in [0.2, 0.25) is 5.91 Å². The monoisotopic (exact) mass is 687 g/mol. The second kappa shape index (κ2) is 12.8. The third kappa shape index (κ3) is 5.47. The maximum absolute atomic E-state index is 12.6. The number of nitrogens with one attached hydrogen (secondary N) is 1. The summed E-state index contributed by atoms with van der Waals surface area (Å²) in [4.78, 5) is 24.5. The fourth-order valence-electron chi connectivity index (χ4n) is 6.90. The predicted molar refractivity (Wildman–Crippen MR) is 189 cm³/mol. The summed E-state index contributed by atoms with van der Waals surface area (Å²) in [5, 5.41) is 4.54. The highest BCUT2D eigenvalue weighted by Gasteiger charge is 2.38. The molecule has 2 aromatic carbocycles. The summed E-state index contributed by atoms with van der Waals surface area (Å²) in [7, 11) is 4.72. The number of benzene rings is 2. The minimum atomic E-state index is -0.296. The minimum absolute atomic E-state index is 0.244. The van der Waals surface area contributed by atoms with E-state index in [9.17, 15) is 4.79 Å². The van der Waals surface area contributed by atoms with Crippen LogP contribution in [0.1, 0.15) is 19.3 Å². The van der Waals surface area contributed by atoms with Crippen LogP contribution in [0.3, 0.4) is 0 Å². The number of anilines is 2. The van der Waals surface area contributed by atoms with Crippen LogP contribution in [0.5, 0.6) is 17.2 Å². The molecule has 7 rings (SSSR count). The number of halogens is 2. The molecule has 2 saturated heterocycles. The third-order valence-electron chi connectivity index (χ3n) is 9.58. The molecule has 3 aromatic heterocycles. The van der Waals surface area contributed by atoms with Crippen molar-refractivity contribution in [2.75, 3.05) is 57.8 Å². The van der Waals surface area contributed by atoms with Crippen molar-refractivity contribution < 1.29 is 23.7 Å². The normalized spacial score (nSPS) is 15.6. The van der Waals surface area contributed by atoms with Crippen LogP contribution in [0.4, 0.5) is 11.4 Å². The molecule has 0 atom stereocenters. The van der Waals surface area contributed by atoms with E-state index in [-0.39, 0.29) is 11.3 Å². The highest BCUT2D eigenvalue weighted by molar-refractivity contribution is 6.41. The first-order valence-corrected chi connectivity index (χ1v) is 16.4. The Kier molecular flexibility index (Phi) is 8.57. The summed E-state index contributed by atoms with van der Waals surface area (Å²) in [6.45, 7) is 7.01. The van der Waals surface area contributed by atoms with E-state index in [1.807, 2.05) is 34.9 Å². The maximum atomic E-state index is 12.6. The topological polar surface area (TPSA) is 99.5 Å². The minimum Gasteiger partial charge on any atom is -0.496 e. The number of aromatic nitrogens is 3. The molecule has 2 fully saturated rings. The molecule has 0 radical (unpaired) electrons. The van der Waals surface area contributed by atoms with Crippen molar-refractivity contribution in [3.05, 3.63) is 71.6 Å². The van der Waals surface area contributed by atoms with Gasteiger partial charge in [-0.25, -0.2) is 4.98 Å². The molecule has 0 bridgehead atoms. The zero-order valence-corrected chi connectivity index (χ0v) is 28.5. The van der Waals surface area contributed by atoms with Gasteiger partial charge in [0.25, 0.3) is 0 Å². The van der Waals surface area contributed by atoms with Crippen LogP contribution in [0.25, 0.3) is 38.9 Å². The SMILES string of the molecule is C=CC(=O)Nc1cc(-c2cc3c(cn2)cc(-c2c(Cl)c(OC)cc(OC)c2Cl)c2nccn23)c(OC)cc1N1CCC2(CCOC2)CC1. The summed E-state index contributed by atoms with van der Waals surface area (Å²) >= 11 is 13.6. The van der Waals surface area contributed by atoms with Crippen LogP contribution in [-0.4, -0.2) is 67.9 Å². The summed E-state index contributed by atoms with van der Waals surface area (Å²) < 4.78 is 24.7. The Morgan fingerprint density at radius 2 is 1.69 bits per heavy atom. The molecule has 1 amide bonds. The van der Waals surface area contributed by atoms with Crippen LogP contribution < -0.4 is 24.4 Å². The molecular formula is C36H35Cl2N5O5. The van der Waals surface area contributed by atoms with Crippen LogP contribution in [-0.2, 0) is 9.53 Å². The molecule has 5 heterocycles. The summed E-state index contributed by atoms with van der Waals surface area (Å²) in [6.07, 6.45) is 9.80. The van der Waals surface area contributed by atoms with Crippen molar-refractivity contribution in [1.29, 1.82) is 0 Å². The summed E-state index contributed by atoms with van der Waals surface area (Å²) in [5.41, 5.74) is 5.90. The number of methoxy groups -OCH3 is 3. The van der Waals surface area contributed by atoms with Crippen molar-refractivity contribution in [2.45, 2.75) is 19.3 Å². The maximum Gasteiger partial charge on any atom is 0.247 e. The molecule has 2 aliphatic heterocycles. The number of nitrogens with zero attached hydrogens (tertiary/aromatic N) is 4. The Morgan fingerprint density at radius 3 is 2.33 bits per heavy atom. The molecular weight excluding hydrogens is 653 g/mol. The Labute approximate surface area is 288 Å². The Balaban J connectivity index is 1.34. The lowest BCUT2D eigenvalue weighted by atomic mass is 9.78. The lowest BCUT2D eigenvalue weighted by Gasteiger charge is -2.40. The molecule has 0 aliphatic carbocycles. The highest BCUT2D eigenvalue weighted by Crippen LogP contribution is 2.48. The number of ether oxygens (including phenoxy) is 4. The zero-order valence-electron chi connectivity index (χ0n) is 26.9. The van der Waals surface area contributed by atoms with Crippen LogP contribution >= 0.6 is 23.2 Å². The molecule has 248 valence electrons. The van der Waals surface area contributed by atoms with Crippen molar-refractivity contribution in [2.24, 2.45) is 5.41 Å². The molecule has 1 N–H and O–H groups in total. The van der Waals surface area contributed by atoms with E-state index >= 15 is 0 Å². The number of fused-ring (bicyclic) bond motifs is 3. The Morgan fingerprint density at radius 1 is 0.958 bits per heavy atom. The van der Waals surface area contributed by atoms with Gasteiger partial charge in [0.05, 0.1) is 60.6 Å². The average molecular weight is 689 g/mol. The van der Waals surface area contributed by atoms with Gasteiger partial charge in [0, 0.05) is 72.5 Å². The number of hydrogen-bond acceptors (Lipinski definition) is 8. The highest BCUT2D eigenvalue weighted by atomic mass is 35.5. The lowest BCUT2D eigenvalue weighted by Crippen LogP contribution is -2.40. The summed E-state index contributed by atoms with van der Waals surface area (Å²) in [6, 6.07) is 9.50. The third-order valence-corrected chi connectivity index (χ3v) is 10.3. The molecule has 0 unspecified atom stereocenters. The van der Waals surface area contributed by atoms with E-state index in [1.54, 1.807) is 25.6 Å². The van der Waals surface area contributed by atoms with Gasteiger partial charge in [-0.15, -0.1) is 0 Å². The van der Waals surface area contributed by atoms with Gasteiger partial charge in [-0.3, -0.25) is 14.2 Å². The fraction of sp³-hybridized carbons (Fsp3) is 0.306. The van der Waals surface area contributed by atoms with Gasteiger partial charge in [-0.05, 0) is 49.0 Å². The average Bonchev–Trinajstić information content (AvgIpc) is 3.79. The number of rotatable bonds is 8. The smallest absolute Gasteiger partial charge is 0.247 e. The van der Waals surface area contributed by atoms with Gasteiger partial charge in [0.1, 0.15) is 22.9 Å². The predicted octanol–water partition coefficient (Wildman–Crippen LogP) is 7.68. The first kappa shape index (κ1) is 32.1. The molecule has 2 aliphatic rings. The van der Waals surface area contributed by atoms with Crippen LogP contribution in [0.15, 0.2) is 61.6 Å². The molecule has 10 nitrogen and oxygen atoms in total. The molecule has 5 aromatic rings. The van der Waals surface area contributed by atoms with E-state index in [2.05, 4.69) is 21.8 Å². The number of pyridine rings is 2. The second-order valence-corrected chi connectivity index (χ2v) is 12.9. The molecule has 12 heteroatoms. The van der Waals surface area contributed by atoms with E-state index in [4.69, 9.17) is 47.1 Å². The molecule has 0 saturated carbocycles. The van der Waals surface area contributed by atoms with E-state index in [0.29, 0.717) is 55.4 Å². The largest absolute Gasteiger partial charge is 0.496 e. The van der Waals surface area contributed by atoms with Crippen LogP contribution in [0.2, 0.25) is 10.0 Å². The number of carbonyl (C=O) groups excluding carboxylic acids is 1. The van der Waals surface area contributed by atoms with Crippen molar-refractivity contribution in [3.63, 3.8) is 0 Å². The van der Waals surface area contributed by atoms with Gasteiger partial charge >= 0.3 is 0 Å². The summed E-state index contributed by atoms with van der Waals surface area (Å²) in [5.74, 6) is 1.20. The van der Waals surface area contributed by atoms with Gasteiger partial charge < -0.3 is 29.2 Å². The lowest BCUT2D eigenvalue weighted by molar-refractivity contribution is -0.111. The Hall–Kier alpha value is -4.51. The van der Waals surface area contributed by atoms with Gasteiger partial charge in [-0.2, -0.15) is 0 Å². The number of carbonyl (C=O) groups is 1. The number of hydrogen-bond donors (Lipinski definition) is 1. The molecule has 48 heavy (non-hydrogen) atoms. The van der Waals surface area contributed by atoms with Crippen molar-refractivity contribution in [1.82, 2.24) is 14.4 Å². The zero-order chi connectivity index (χ0) is 33.6. The van der Waals surface area contributed by atoms with E-state index in [1.165, 1.54) is 20.3 Å². The van der Waals surface area contributed by atoms with Gasteiger partial charge in [0.15, 0.2) is 0 Å². The van der Waals surface area contributed by atoms with E-state index in [0.717, 1.165) is 67.7 Å². The number of imidazole rings is 1. The quantitative estimate of drug-likeness (QED) is 0.166. The first-order valence-electron chi connectivity index (χ1n) is 15.6. The van der Waals surface area contributed by atoms with Crippen molar-refractivity contribution in [3.8, 4) is 39.6 Å². The second-order valence-electron chi connectivity index (χ2n) is 12.1. The Bertz CT molecular complexity index is 2040. The fourth-order valence-corrected chi connectivity index (χ4v) is 7.60. The van der Waals surface area contributed by atoms with Crippen LogP contribution in [0, 0.1) is 5.41 Å².